The van der Waals surface area contributed by atoms with Gasteiger partial charge in [0.15, 0.2) is 0 Å². The van der Waals surface area contributed by atoms with Crippen LogP contribution in [0.3, 0.4) is 0 Å². The van der Waals surface area contributed by atoms with Gasteiger partial charge in [0.1, 0.15) is 6.04 Å². The number of halogens is 1. The minimum absolute atomic E-state index is 0.0572. The molecule has 0 saturated heterocycles. The van der Waals surface area contributed by atoms with E-state index in [-0.39, 0.29) is 5.69 Å². The van der Waals surface area contributed by atoms with Crippen molar-refractivity contribution in [1.82, 2.24) is 0 Å². The number of nitrogens with zero attached hydrogens (tertiary/aromatic N) is 1. The molecule has 3 N–H and O–H groups in total. The molecule has 1 aromatic heterocycles. The molecule has 0 radical (unpaired) electrons. The van der Waals surface area contributed by atoms with E-state index in [0.29, 0.717) is 15.7 Å². The molecule has 0 aliphatic carbocycles. The van der Waals surface area contributed by atoms with Crippen LogP contribution in [0.5, 0.6) is 0 Å². The number of nitro benzene ring substituents is 1. The lowest BCUT2D eigenvalue weighted by molar-refractivity contribution is -0.385. The van der Waals surface area contributed by atoms with Crippen molar-refractivity contribution >= 4 is 44.5 Å². The molecule has 2 rings (SSSR count). The Hall–Kier alpha value is -1.77. The largest absolute Gasteiger partial charge is 0.323 e. The van der Waals surface area contributed by atoms with Gasteiger partial charge in [0, 0.05) is 21.0 Å². The van der Waals surface area contributed by atoms with Gasteiger partial charge in [-0.15, -0.1) is 11.3 Å². The molecule has 110 valence electrons. The normalized spacial score (nSPS) is 12.0. The highest BCUT2D eigenvalue weighted by molar-refractivity contribution is 9.10. The summed E-state index contributed by atoms with van der Waals surface area (Å²) in [5.74, 6) is -0.420. The van der Waals surface area contributed by atoms with Crippen molar-refractivity contribution in [2.45, 2.75) is 13.0 Å². The lowest BCUT2D eigenvalue weighted by Gasteiger charge is -2.12. The Balaban J connectivity index is 2.25. The predicted molar refractivity (Wildman–Crippen MR) is 85.4 cm³/mol. The van der Waals surface area contributed by atoms with Crippen molar-refractivity contribution in [3.05, 3.63) is 54.7 Å². The molecule has 1 aromatic carbocycles. The third-order valence-corrected chi connectivity index (χ3v) is 4.48. The van der Waals surface area contributed by atoms with Gasteiger partial charge in [-0.25, -0.2) is 0 Å². The van der Waals surface area contributed by atoms with Crippen LogP contribution in [-0.4, -0.2) is 10.8 Å². The molecule has 0 aliphatic rings. The quantitative estimate of drug-likeness (QED) is 0.637. The Morgan fingerprint density at radius 2 is 2.24 bits per heavy atom. The van der Waals surface area contributed by atoms with Crippen molar-refractivity contribution in [3.63, 3.8) is 0 Å². The Labute approximate surface area is 133 Å². The highest BCUT2D eigenvalue weighted by Crippen LogP contribution is 2.31. The molecule has 1 unspecified atom stereocenters. The van der Waals surface area contributed by atoms with Crippen LogP contribution in [0.25, 0.3) is 0 Å². The van der Waals surface area contributed by atoms with E-state index in [2.05, 4.69) is 21.2 Å². The maximum atomic E-state index is 12.1. The Bertz CT molecular complexity index is 688. The molecular weight excluding hydrogens is 358 g/mol. The fourth-order valence-corrected chi connectivity index (χ4v) is 3.04. The molecule has 1 heterocycles. The molecule has 8 heteroatoms. The number of anilines is 1. The number of carbonyl (C=O) groups is 1. The summed E-state index contributed by atoms with van der Waals surface area (Å²) in [4.78, 5) is 23.3. The van der Waals surface area contributed by atoms with Gasteiger partial charge in [0.25, 0.3) is 5.69 Å². The van der Waals surface area contributed by atoms with Gasteiger partial charge in [0.2, 0.25) is 5.91 Å². The van der Waals surface area contributed by atoms with Crippen LogP contribution in [0.2, 0.25) is 0 Å². The molecule has 21 heavy (non-hydrogen) atoms. The Morgan fingerprint density at radius 3 is 2.81 bits per heavy atom. The molecule has 0 aliphatic heterocycles. The van der Waals surface area contributed by atoms with Crippen LogP contribution >= 0.6 is 27.3 Å². The number of benzene rings is 1. The second kappa shape index (κ2) is 6.33. The number of nitrogens with two attached hydrogens (primary N) is 1. The molecule has 6 nitrogen and oxygen atoms in total. The van der Waals surface area contributed by atoms with Gasteiger partial charge < -0.3 is 11.1 Å². The van der Waals surface area contributed by atoms with Gasteiger partial charge in [-0.05, 0) is 40.4 Å². The average molecular weight is 370 g/mol. The topological polar surface area (TPSA) is 98.3 Å². The second-order valence-electron chi connectivity index (χ2n) is 4.36. The summed E-state index contributed by atoms with van der Waals surface area (Å²) < 4.78 is 0.567. The van der Waals surface area contributed by atoms with Gasteiger partial charge >= 0.3 is 0 Å². The van der Waals surface area contributed by atoms with E-state index in [9.17, 15) is 14.9 Å². The van der Waals surface area contributed by atoms with Crippen molar-refractivity contribution in [2.24, 2.45) is 5.73 Å². The standard InChI is InChI=1S/C13H12BrN3O3S/c1-7-5-8(14)9(6-10(7)17(19)20)16-13(18)12(15)11-3-2-4-21-11/h2-6,12H,15H2,1H3,(H,16,18). The van der Waals surface area contributed by atoms with E-state index in [1.165, 1.54) is 17.4 Å². The third kappa shape index (κ3) is 3.46. The fraction of sp³-hybridized carbons (Fsp3) is 0.154. The van der Waals surface area contributed by atoms with Gasteiger partial charge in [-0.3, -0.25) is 14.9 Å². The first-order valence-electron chi connectivity index (χ1n) is 5.94. The zero-order chi connectivity index (χ0) is 15.6. The van der Waals surface area contributed by atoms with E-state index in [4.69, 9.17) is 5.73 Å². The number of nitrogens with one attached hydrogen (secondary N) is 1. The molecule has 0 spiro atoms. The minimum atomic E-state index is -0.808. The number of amides is 1. The number of aryl methyl sites for hydroxylation is 1. The van der Waals surface area contributed by atoms with Crippen molar-refractivity contribution < 1.29 is 9.72 Å². The van der Waals surface area contributed by atoms with Crippen LogP contribution < -0.4 is 11.1 Å². The van der Waals surface area contributed by atoms with Crippen molar-refractivity contribution in [3.8, 4) is 0 Å². The number of nitro groups is 1. The van der Waals surface area contributed by atoms with E-state index in [0.717, 1.165) is 4.88 Å². The van der Waals surface area contributed by atoms with Crippen molar-refractivity contribution in [1.29, 1.82) is 0 Å². The van der Waals surface area contributed by atoms with Gasteiger partial charge in [-0.2, -0.15) is 0 Å². The summed E-state index contributed by atoms with van der Waals surface area (Å²) in [6, 6.07) is 5.67. The number of rotatable bonds is 4. The number of carbonyl (C=O) groups excluding carboxylic acids is 1. The summed E-state index contributed by atoms with van der Waals surface area (Å²) in [5.41, 5.74) is 6.63. The molecule has 0 saturated carbocycles. The van der Waals surface area contributed by atoms with Gasteiger partial charge in [-0.1, -0.05) is 6.07 Å². The smallest absolute Gasteiger partial charge is 0.274 e. The minimum Gasteiger partial charge on any atom is -0.323 e. The molecule has 0 bridgehead atoms. The van der Waals surface area contributed by atoms with Crippen LogP contribution in [-0.2, 0) is 4.79 Å². The zero-order valence-electron chi connectivity index (χ0n) is 11.0. The summed E-state index contributed by atoms with van der Waals surface area (Å²) in [5, 5.41) is 15.4. The SMILES string of the molecule is Cc1cc(Br)c(NC(=O)C(N)c2cccs2)cc1[N+](=O)[O-]. The molecule has 0 fully saturated rings. The number of thiophene rings is 1. The summed E-state index contributed by atoms with van der Waals surface area (Å²) in [6.07, 6.45) is 0. The Morgan fingerprint density at radius 1 is 1.52 bits per heavy atom. The summed E-state index contributed by atoms with van der Waals surface area (Å²) in [6.45, 7) is 1.63. The lowest BCUT2D eigenvalue weighted by atomic mass is 10.1. The predicted octanol–water partition coefficient (Wildman–Crippen LogP) is 3.37. The lowest BCUT2D eigenvalue weighted by Crippen LogP contribution is -2.27. The van der Waals surface area contributed by atoms with E-state index >= 15 is 0 Å². The zero-order valence-corrected chi connectivity index (χ0v) is 13.4. The summed E-state index contributed by atoms with van der Waals surface area (Å²) >= 11 is 4.66. The highest BCUT2D eigenvalue weighted by Gasteiger charge is 2.20. The van der Waals surface area contributed by atoms with Gasteiger partial charge in [0.05, 0.1) is 10.6 Å². The molecule has 1 amide bonds. The van der Waals surface area contributed by atoms with E-state index in [1.807, 2.05) is 5.38 Å². The molecule has 1 atom stereocenters. The molecule has 2 aromatic rings. The monoisotopic (exact) mass is 369 g/mol. The number of hydrogen-bond acceptors (Lipinski definition) is 5. The molecular formula is C13H12BrN3O3S. The fourth-order valence-electron chi connectivity index (χ4n) is 1.76. The first-order valence-corrected chi connectivity index (χ1v) is 7.62. The van der Waals surface area contributed by atoms with Crippen LogP contribution in [0.15, 0.2) is 34.1 Å². The van der Waals surface area contributed by atoms with Crippen LogP contribution in [0, 0.1) is 17.0 Å². The van der Waals surface area contributed by atoms with Crippen LogP contribution in [0.4, 0.5) is 11.4 Å². The summed E-state index contributed by atoms with van der Waals surface area (Å²) in [7, 11) is 0. The van der Waals surface area contributed by atoms with Crippen molar-refractivity contribution in [2.75, 3.05) is 5.32 Å². The van der Waals surface area contributed by atoms with E-state index < -0.39 is 16.9 Å². The first kappa shape index (κ1) is 15.6. The Kier molecular flexibility index (Phi) is 4.71. The third-order valence-electron chi connectivity index (χ3n) is 2.87. The second-order valence-corrected chi connectivity index (χ2v) is 6.19. The maximum Gasteiger partial charge on any atom is 0.274 e. The van der Waals surface area contributed by atoms with Crippen LogP contribution in [0.1, 0.15) is 16.5 Å². The maximum absolute atomic E-state index is 12.1. The van der Waals surface area contributed by atoms with E-state index in [1.54, 1.807) is 25.1 Å². The first-order chi connectivity index (χ1) is 9.90. The highest BCUT2D eigenvalue weighted by atomic mass is 79.9. The average Bonchev–Trinajstić information content (AvgIpc) is 2.94. The number of hydrogen-bond donors (Lipinski definition) is 2.